The van der Waals surface area contributed by atoms with Crippen LogP contribution in [0.4, 0.5) is 11.5 Å². The average molecular weight is 447 g/mol. The van der Waals surface area contributed by atoms with Crippen LogP contribution in [0, 0.1) is 19.8 Å². The molecule has 0 unspecified atom stereocenters. The summed E-state index contributed by atoms with van der Waals surface area (Å²) in [4.78, 5) is 44.2. The molecular formula is C23H26N8O2. The second-order valence-electron chi connectivity index (χ2n) is 8.56. The smallest absolute Gasteiger partial charge is 0.228 e. The highest BCUT2D eigenvalue weighted by Crippen LogP contribution is 2.28. The number of rotatable bonds is 4. The van der Waals surface area contributed by atoms with Crippen LogP contribution in [0.1, 0.15) is 17.5 Å². The third-order valence-corrected chi connectivity index (χ3v) is 6.48. The summed E-state index contributed by atoms with van der Waals surface area (Å²) >= 11 is 0. The molecule has 33 heavy (non-hydrogen) atoms. The molecule has 2 aliphatic heterocycles. The van der Waals surface area contributed by atoms with Gasteiger partial charge in [-0.15, -0.1) is 0 Å². The summed E-state index contributed by atoms with van der Waals surface area (Å²) in [5, 5.41) is 4.11. The maximum absolute atomic E-state index is 13.2. The highest BCUT2D eigenvalue weighted by atomic mass is 16.2. The van der Waals surface area contributed by atoms with Crippen molar-refractivity contribution in [3.63, 3.8) is 0 Å². The predicted molar refractivity (Wildman–Crippen MR) is 122 cm³/mol. The lowest BCUT2D eigenvalue weighted by molar-refractivity contribution is -0.136. The van der Waals surface area contributed by atoms with Gasteiger partial charge < -0.3 is 14.7 Å². The predicted octanol–water partition coefficient (Wildman–Crippen LogP) is 1.38. The van der Waals surface area contributed by atoms with Crippen LogP contribution in [0.15, 0.2) is 43.2 Å². The standard InChI is InChI=1S/C23H26N8O2/c1-16-3-4-19(9-17(16)2)30-12-18(10-22(30)32)23(33)29-7-5-28(6-8-29)20-11-21(26-14-25-20)31-15-24-13-27-31/h3-4,9,11,13-15,18H,5-8,10,12H2,1-2H3/t18-/m0/s1. The van der Waals surface area contributed by atoms with Crippen molar-refractivity contribution in [2.45, 2.75) is 20.3 Å². The molecule has 2 aromatic heterocycles. The number of aromatic nitrogens is 5. The Bertz CT molecular complexity index is 1170. The number of amides is 2. The van der Waals surface area contributed by atoms with Crippen molar-refractivity contribution in [1.29, 1.82) is 0 Å². The van der Waals surface area contributed by atoms with Crippen LogP contribution in [0.2, 0.25) is 0 Å². The lowest BCUT2D eigenvalue weighted by Gasteiger charge is -2.36. The number of anilines is 2. The zero-order valence-corrected chi connectivity index (χ0v) is 18.8. The second kappa shape index (κ2) is 8.61. The maximum atomic E-state index is 13.2. The van der Waals surface area contributed by atoms with E-state index in [-0.39, 0.29) is 24.2 Å². The zero-order valence-electron chi connectivity index (χ0n) is 18.8. The van der Waals surface area contributed by atoms with Crippen molar-refractivity contribution in [1.82, 2.24) is 29.6 Å². The molecule has 3 aromatic rings. The van der Waals surface area contributed by atoms with Gasteiger partial charge in [-0.25, -0.2) is 19.6 Å². The Balaban J connectivity index is 1.21. The zero-order chi connectivity index (χ0) is 22.9. The number of carbonyl (C=O) groups excluding carboxylic acids is 2. The number of piperazine rings is 1. The van der Waals surface area contributed by atoms with E-state index in [0.29, 0.717) is 38.5 Å². The van der Waals surface area contributed by atoms with Gasteiger partial charge in [-0.05, 0) is 37.1 Å². The molecule has 10 heteroatoms. The minimum absolute atomic E-state index is 0.0110. The van der Waals surface area contributed by atoms with Crippen molar-refractivity contribution in [3.05, 3.63) is 54.4 Å². The van der Waals surface area contributed by atoms with E-state index in [2.05, 4.69) is 25.0 Å². The number of benzene rings is 1. The summed E-state index contributed by atoms with van der Waals surface area (Å²) in [6.45, 7) is 7.04. The average Bonchev–Trinajstić information content (AvgIpc) is 3.51. The summed E-state index contributed by atoms with van der Waals surface area (Å²) in [5.74, 6) is 1.20. The number of carbonyl (C=O) groups is 2. The highest BCUT2D eigenvalue weighted by Gasteiger charge is 2.38. The molecule has 10 nitrogen and oxygen atoms in total. The minimum atomic E-state index is -0.302. The van der Waals surface area contributed by atoms with E-state index >= 15 is 0 Å². The van der Waals surface area contributed by atoms with E-state index in [1.54, 1.807) is 15.9 Å². The van der Waals surface area contributed by atoms with Crippen molar-refractivity contribution in [2.75, 3.05) is 42.5 Å². The lowest BCUT2D eigenvalue weighted by Crippen LogP contribution is -2.51. The summed E-state index contributed by atoms with van der Waals surface area (Å²) in [7, 11) is 0. The summed E-state index contributed by atoms with van der Waals surface area (Å²) in [6.07, 6.45) is 4.82. The van der Waals surface area contributed by atoms with Crippen molar-refractivity contribution in [2.24, 2.45) is 5.92 Å². The monoisotopic (exact) mass is 446 g/mol. The van der Waals surface area contributed by atoms with Gasteiger partial charge in [0.25, 0.3) is 0 Å². The molecule has 1 aromatic carbocycles. The largest absolute Gasteiger partial charge is 0.353 e. The fraction of sp³-hybridized carbons (Fsp3) is 0.391. The Morgan fingerprint density at radius 3 is 2.48 bits per heavy atom. The van der Waals surface area contributed by atoms with Crippen molar-refractivity contribution in [3.8, 4) is 5.82 Å². The van der Waals surface area contributed by atoms with E-state index < -0.39 is 0 Å². The highest BCUT2D eigenvalue weighted by molar-refractivity contribution is 6.00. The maximum Gasteiger partial charge on any atom is 0.228 e. The SMILES string of the molecule is Cc1ccc(N2C[C@@H](C(=O)N3CCN(c4cc(-n5cncn5)ncn4)CC3)CC2=O)cc1C. The van der Waals surface area contributed by atoms with Gasteiger partial charge in [0.1, 0.15) is 24.8 Å². The first-order chi connectivity index (χ1) is 16.0. The molecule has 0 spiro atoms. The van der Waals surface area contributed by atoms with Crippen LogP contribution in [-0.4, -0.2) is 74.2 Å². The summed E-state index contributed by atoms with van der Waals surface area (Å²) < 4.78 is 1.59. The van der Waals surface area contributed by atoms with Gasteiger partial charge in [0.15, 0.2) is 5.82 Å². The first-order valence-electron chi connectivity index (χ1n) is 11.1. The first-order valence-corrected chi connectivity index (χ1v) is 11.1. The van der Waals surface area contributed by atoms with Gasteiger partial charge >= 0.3 is 0 Å². The van der Waals surface area contributed by atoms with E-state index in [4.69, 9.17) is 0 Å². The molecule has 2 amide bonds. The van der Waals surface area contributed by atoms with E-state index in [0.717, 1.165) is 17.1 Å². The van der Waals surface area contributed by atoms with Crippen LogP contribution >= 0.6 is 0 Å². The molecule has 0 bridgehead atoms. The van der Waals surface area contributed by atoms with Crippen molar-refractivity contribution >= 4 is 23.3 Å². The van der Waals surface area contributed by atoms with Gasteiger partial charge in [0.05, 0.1) is 5.92 Å². The Kier molecular flexibility index (Phi) is 5.49. The third-order valence-electron chi connectivity index (χ3n) is 6.48. The van der Waals surface area contributed by atoms with Crippen LogP contribution in [-0.2, 0) is 9.59 Å². The number of nitrogens with zero attached hydrogens (tertiary/aromatic N) is 8. The lowest BCUT2D eigenvalue weighted by atomic mass is 10.1. The third kappa shape index (κ3) is 4.15. The van der Waals surface area contributed by atoms with E-state index in [1.807, 2.05) is 43.0 Å². The van der Waals surface area contributed by atoms with E-state index in [9.17, 15) is 9.59 Å². The summed E-state index contributed by atoms with van der Waals surface area (Å²) in [6, 6.07) is 7.87. The first kappa shape index (κ1) is 21.0. The molecule has 170 valence electrons. The van der Waals surface area contributed by atoms with Crippen LogP contribution in [0.3, 0.4) is 0 Å². The minimum Gasteiger partial charge on any atom is -0.353 e. The van der Waals surface area contributed by atoms with Gasteiger partial charge in [0, 0.05) is 50.9 Å². The molecule has 0 N–H and O–H groups in total. The number of hydrogen-bond donors (Lipinski definition) is 0. The van der Waals surface area contributed by atoms with E-state index in [1.165, 1.54) is 18.2 Å². The second-order valence-corrected chi connectivity index (χ2v) is 8.56. The molecule has 0 saturated carbocycles. The van der Waals surface area contributed by atoms with Crippen LogP contribution in [0.5, 0.6) is 0 Å². The molecule has 2 aliphatic rings. The van der Waals surface area contributed by atoms with Gasteiger partial charge in [-0.2, -0.15) is 5.10 Å². The van der Waals surface area contributed by atoms with Crippen LogP contribution in [0.25, 0.3) is 5.82 Å². The quantitative estimate of drug-likeness (QED) is 0.597. The molecule has 0 aliphatic carbocycles. The van der Waals surface area contributed by atoms with Crippen LogP contribution < -0.4 is 9.80 Å². The number of aryl methyl sites for hydroxylation is 2. The molecule has 2 fully saturated rings. The molecule has 5 rings (SSSR count). The number of hydrogen-bond acceptors (Lipinski definition) is 7. The molecule has 0 radical (unpaired) electrons. The molecular weight excluding hydrogens is 420 g/mol. The Morgan fingerprint density at radius 2 is 1.76 bits per heavy atom. The Morgan fingerprint density at radius 1 is 0.970 bits per heavy atom. The topological polar surface area (TPSA) is 100 Å². The van der Waals surface area contributed by atoms with Gasteiger partial charge in [0.2, 0.25) is 11.8 Å². The Hall–Kier alpha value is -3.82. The fourth-order valence-electron chi connectivity index (χ4n) is 4.39. The van der Waals surface area contributed by atoms with Gasteiger partial charge in [-0.1, -0.05) is 6.07 Å². The normalized spacial score (nSPS) is 18.8. The molecule has 2 saturated heterocycles. The Labute approximate surface area is 191 Å². The molecule has 1 atom stereocenters. The van der Waals surface area contributed by atoms with Gasteiger partial charge in [-0.3, -0.25) is 9.59 Å². The fourth-order valence-corrected chi connectivity index (χ4v) is 4.39. The molecule has 4 heterocycles. The summed E-state index contributed by atoms with van der Waals surface area (Å²) in [5.41, 5.74) is 3.20. The van der Waals surface area contributed by atoms with Crippen molar-refractivity contribution < 1.29 is 9.59 Å².